The Balaban J connectivity index is 1.52. The van der Waals surface area contributed by atoms with Crippen LogP contribution in [0.2, 0.25) is 0 Å². The smallest absolute Gasteiger partial charge is 0.171 e. The average Bonchev–Trinajstić information content (AvgIpc) is 3.20. The first-order chi connectivity index (χ1) is 11.2. The highest BCUT2D eigenvalue weighted by molar-refractivity contribution is 7.80. The van der Waals surface area contributed by atoms with Gasteiger partial charge in [-0.15, -0.1) is 0 Å². The second kappa shape index (κ2) is 7.11. The van der Waals surface area contributed by atoms with Gasteiger partial charge in [0, 0.05) is 6.20 Å². The number of aromatic nitrogens is 2. The lowest BCUT2D eigenvalue weighted by molar-refractivity contribution is 0.503. The number of nitrogens with one attached hydrogen (secondary N) is 2. The Morgan fingerprint density at radius 1 is 1.26 bits per heavy atom. The lowest BCUT2D eigenvalue weighted by atomic mass is 10.1. The molecule has 1 aromatic carbocycles. The highest BCUT2D eigenvalue weighted by Gasteiger charge is 2.03. The fraction of sp³-hybridized carbons (Fsp3) is 0.176. The Morgan fingerprint density at radius 2 is 2.09 bits per heavy atom. The van der Waals surface area contributed by atoms with Gasteiger partial charge in [0.1, 0.15) is 5.76 Å². The minimum Gasteiger partial charge on any atom is -0.467 e. The van der Waals surface area contributed by atoms with Gasteiger partial charge >= 0.3 is 0 Å². The molecule has 118 valence electrons. The summed E-state index contributed by atoms with van der Waals surface area (Å²) in [6.07, 6.45) is 5.33. The van der Waals surface area contributed by atoms with E-state index >= 15 is 0 Å². The van der Waals surface area contributed by atoms with Crippen molar-refractivity contribution in [2.45, 2.75) is 20.0 Å². The zero-order chi connectivity index (χ0) is 16.1. The molecule has 0 atom stereocenters. The van der Waals surface area contributed by atoms with Crippen LogP contribution < -0.4 is 10.6 Å². The molecule has 3 rings (SSSR count). The molecule has 0 bridgehead atoms. The Labute approximate surface area is 140 Å². The van der Waals surface area contributed by atoms with Crippen molar-refractivity contribution in [3.8, 4) is 0 Å². The van der Waals surface area contributed by atoms with Gasteiger partial charge in [0.15, 0.2) is 5.11 Å². The van der Waals surface area contributed by atoms with Crippen LogP contribution in [0.25, 0.3) is 0 Å². The third kappa shape index (κ3) is 4.43. The van der Waals surface area contributed by atoms with Crippen molar-refractivity contribution in [1.29, 1.82) is 0 Å². The van der Waals surface area contributed by atoms with Crippen LogP contribution in [0.4, 0.5) is 5.69 Å². The quantitative estimate of drug-likeness (QED) is 0.705. The van der Waals surface area contributed by atoms with Gasteiger partial charge in [0.2, 0.25) is 0 Å². The van der Waals surface area contributed by atoms with E-state index in [1.54, 1.807) is 12.5 Å². The van der Waals surface area contributed by atoms with Crippen LogP contribution in [0.3, 0.4) is 0 Å². The average molecular weight is 326 g/mol. The fourth-order valence-electron chi connectivity index (χ4n) is 2.15. The van der Waals surface area contributed by atoms with Crippen LogP contribution in [0.15, 0.2) is 59.5 Å². The van der Waals surface area contributed by atoms with Gasteiger partial charge in [-0.2, -0.15) is 5.10 Å². The summed E-state index contributed by atoms with van der Waals surface area (Å²) < 4.78 is 7.12. The highest BCUT2D eigenvalue weighted by atomic mass is 32.1. The van der Waals surface area contributed by atoms with Crippen molar-refractivity contribution in [3.63, 3.8) is 0 Å². The van der Waals surface area contributed by atoms with E-state index in [0.717, 1.165) is 18.0 Å². The predicted octanol–water partition coefficient (Wildman–Crippen LogP) is 3.32. The first-order valence-corrected chi connectivity index (χ1v) is 7.75. The Hall–Kier alpha value is -2.60. The minimum absolute atomic E-state index is 0.538. The first kappa shape index (κ1) is 15.3. The molecule has 3 aromatic rings. The van der Waals surface area contributed by atoms with Crippen LogP contribution >= 0.6 is 12.2 Å². The minimum atomic E-state index is 0.538. The molecule has 0 aliphatic heterocycles. The van der Waals surface area contributed by atoms with Crippen molar-refractivity contribution in [1.82, 2.24) is 15.1 Å². The number of hydrogen-bond acceptors (Lipinski definition) is 3. The zero-order valence-electron chi connectivity index (χ0n) is 12.8. The van der Waals surface area contributed by atoms with Gasteiger partial charge in [-0.1, -0.05) is 29.8 Å². The summed E-state index contributed by atoms with van der Waals surface area (Å²) in [4.78, 5) is 0. The van der Waals surface area contributed by atoms with E-state index in [1.165, 1.54) is 11.1 Å². The maximum atomic E-state index is 5.26. The third-order valence-corrected chi connectivity index (χ3v) is 3.61. The maximum Gasteiger partial charge on any atom is 0.171 e. The highest BCUT2D eigenvalue weighted by Crippen LogP contribution is 2.09. The van der Waals surface area contributed by atoms with E-state index in [1.807, 2.05) is 23.0 Å². The first-order valence-electron chi connectivity index (χ1n) is 7.34. The summed E-state index contributed by atoms with van der Waals surface area (Å²) in [5.74, 6) is 0.837. The van der Waals surface area contributed by atoms with E-state index in [9.17, 15) is 0 Å². The largest absolute Gasteiger partial charge is 0.467 e. The van der Waals surface area contributed by atoms with Crippen LogP contribution in [-0.2, 0) is 13.1 Å². The number of thiocarbonyl (C=S) groups is 1. The Morgan fingerprint density at radius 3 is 2.83 bits per heavy atom. The Kier molecular flexibility index (Phi) is 4.73. The Bertz CT molecular complexity index is 762. The molecule has 0 spiro atoms. The number of furan rings is 1. The van der Waals surface area contributed by atoms with Gasteiger partial charge in [0.25, 0.3) is 0 Å². The predicted molar refractivity (Wildman–Crippen MR) is 94.3 cm³/mol. The van der Waals surface area contributed by atoms with Gasteiger partial charge in [-0.3, -0.25) is 4.68 Å². The topological polar surface area (TPSA) is 55.0 Å². The van der Waals surface area contributed by atoms with Crippen molar-refractivity contribution in [2.75, 3.05) is 5.32 Å². The number of aryl methyl sites for hydroxylation is 1. The van der Waals surface area contributed by atoms with Crippen LogP contribution in [0, 0.1) is 6.92 Å². The summed E-state index contributed by atoms with van der Waals surface area (Å²) in [7, 11) is 0. The molecule has 0 saturated carbocycles. The molecule has 0 unspecified atom stereocenters. The lowest BCUT2D eigenvalue weighted by Crippen LogP contribution is -2.27. The third-order valence-electron chi connectivity index (χ3n) is 3.36. The number of rotatable bonds is 5. The van der Waals surface area contributed by atoms with E-state index in [4.69, 9.17) is 16.6 Å². The summed E-state index contributed by atoms with van der Waals surface area (Å²) in [6.45, 7) is 3.36. The van der Waals surface area contributed by atoms with Gasteiger partial charge in [-0.25, -0.2) is 0 Å². The molecule has 2 heterocycles. The molecule has 23 heavy (non-hydrogen) atoms. The summed E-state index contributed by atoms with van der Waals surface area (Å²) >= 11 is 5.26. The maximum absolute atomic E-state index is 5.26. The van der Waals surface area contributed by atoms with Crippen molar-refractivity contribution < 1.29 is 4.42 Å². The van der Waals surface area contributed by atoms with Crippen LogP contribution in [-0.4, -0.2) is 14.9 Å². The number of benzene rings is 1. The lowest BCUT2D eigenvalue weighted by Gasteiger charge is -2.07. The number of nitrogens with zero attached hydrogens (tertiary/aromatic N) is 2. The van der Waals surface area contributed by atoms with Crippen molar-refractivity contribution in [2.24, 2.45) is 0 Å². The van der Waals surface area contributed by atoms with Crippen LogP contribution in [0.5, 0.6) is 0 Å². The fourth-order valence-corrected chi connectivity index (χ4v) is 2.34. The molecular weight excluding hydrogens is 308 g/mol. The van der Waals surface area contributed by atoms with E-state index in [2.05, 4.69) is 46.9 Å². The van der Waals surface area contributed by atoms with E-state index in [-0.39, 0.29) is 0 Å². The summed E-state index contributed by atoms with van der Waals surface area (Å²) in [5, 5.41) is 11.1. The van der Waals surface area contributed by atoms with Gasteiger partial charge < -0.3 is 15.1 Å². The normalized spacial score (nSPS) is 10.5. The monoisotopic (exact) mass is 326 g/mol. The molecule has 0 fully saturated rings. The van der Waals surface area contributed by atoms with Crippen LogP contribution in [0.1, 0.15) is 16.9 Å². The summed E-state index contributed by atoms with van der Waals surface area (Å²) in [5.41, 5.74) is 3.32. The van der Waals surface area contributed by atoms with E-state index < -0.39 is 0 Å². The second-order valence-electron chi connectivity index (χ2n) is 5.30. The molecule has 6 heteroatoms. The molecule has 0 aliphatic carbocycles. The van der Waals surface area contributed by atoms with Crippen molar-refractivity contribution >= 4 is 23.0 Å². The molecular formula is C17H18N4OS. The second-order valence-corrected chi connectivity index (χ2v) is 5.71. The van der Waals surface area contributed by atoms with Crippen molar-refractivity contribution in [3.05, 3.63) is 71.9 Å². The molecule has 2 aromatic heterocycles. The number of anilines is 1. The van der Waals surface area contributed by atoms with E-state index in [0.29, 0.717) is 11.7 Å². The van der Waals surface area contributed by atoms with Gasteiger partial charge in [0.05, 0.1) is 31.2 Å². The molecule has 0 amide bonds. The zero-order valence-corrected chi connectivity index (χ0v) is 13.6. The molecule has 5 nitrogen and oxygen atoms in total. The standard InChI is InChI=1S/C17H18N4OS/c1-13-4-6-14(7-5-13)11-21-12-15(9-19-21)20-17(23)18-10-16-3-2-8-22-16/h2-9,12H,10-11H2,1H3,(H2,18,20,23). The SMILES string of the molecule is Cc1ccc(Cn2cc(NC(=S)NCc3ccco3)cn2)cc1. The molecule has 2 N–H and O–H groups in total. The molecule has 0 saturated heterocycles. The molecule has 0 aliphatic rings. The van der Waals surface area contributed by atoms with Gasteiger partial charge in [-0.05, 0) is 36.8 Å². The molecule has 0 radical (unpaired) electrons. The number of hydrogen-bond donors (Lipinski definition) is 2. The summed E-state index contributed by atoms with van der Waals surface area (Å²) in [6, 6.07) is 12.2.